The largest absolute Gasteiger partial charge is 0.507 e. The van der Waals surface area contributed by atoms with E-state index in [0.717, 1.165) is 12.3 Å². The van der Waals surface area contributed by atoms with Crippen molar-refractivity contribution in [2.45, 2.75) is 0 Å². The summed E-state index contributed by atoms with van der Waals surface area (Å²) >= 11 is 5.85. The van der Waals surface area contributed by atoms with Crippen LogP contribution >= 0.6 is 11.6 Å². The van der Waals surface area contributed by atoms with E-state index in [1.165, 1.54) is 13.2 Å². The van der Waals surface area contributed by atoms with Crippen LogP contribution in [-0.2, 0) is 0 Å². The summed E-state index contributed by atoms with van der Waals surface area (Å²) in [5.41, 5.74) is -0.207. The summed E-state index contributed by atoms with van der Waals surface area (Å²) in [4.78, 5) is 25.3. The van der Waals surface area contributed by atoms with E-state index < -0.39 is 17.2 Å². The number of halogens is 1. The van der Waals surface area contributed by atoms with E-state index in [0.29, 0.717) is 16.5 Å². The third-order valence-corrected chi connectivity index (χ3v) is 2.79. The van der Waals surface area contributed by atoms with Crippen LogP contribution in [0, 0.1) is 0 Å². The Hall–Kier alpha value is -2.47. The number of H-pyrrole nitrogens is 1. The number of anilines is 1. The van der Waals surface area contributed by atoms with Gasteiger partial charge in [-0.25, -0.2) is 0 Å². The number of aromatic amines is 1. The van der Waals surface area contributed by atoms with Crippen molar-refractivity contribution < 1.29 is 14.6 Å². The van der Waals surface area contributed by atoms with Gasteiger partial charge in [0.15, 0.2) is 0 Å². The van der Waals surface area contributed by atoms with Gasteiger partial charge in [0.2, 0.25) is 0 Å². The summed E-state index contributed by atoms with van der Waals surface area (Å²) in [5, 5.41) is 12.6. The number of aromatic hydroxyl groups is 1. The Balaban J connectivity index is 2.32. The minimum atomic E-state index is -0.598. The summed E-state index contributed by atoms with van der Waals surface area (Å²) in [6.07, 6.45) is 1.13. The average Bonchev–Trinajstić information content (AvgIpc) is 2.38. The van der Waals surface area contributed by atoms with Crippen molar-refractivity contribution in [1.29, 1.82) is 0 Å². The highest BCUT2D eigenvalue weighted by atomic mass is 35.5. The first-order chi connectivity index (χ1) is 9.51. The number of hydrogen-bond acceptors (Lipinski definition) is 4. The van der Waals surface area contributed by atoms with Gasteiger partial charge < -0.3 is 20.1 Å². The van der Waals surface area contributed by atoms with Crippen molar-refractivity contribution in [1.82, 2.24) is 4.98 Å². The van der Waals surface area contributed by atoms with E-state index in [1.54, 1.807) is 12.1 Å². The third-order valence-electron chi connectivity index (χ3n) is 2.56. The molecule has 0 aliphatic heterocycles. The zero-order chi connectivity index (χ0) is 14.7. The van der Waals surface area contributed by atoms with Crippen LogP contribution in [0.15, 0.2) is 35.3 Å². The van der Waals surface area contributed by atoms with Gasteiger partial charge in [-0.15, -0.1) is 0 Å². The second kappa shape index (κ2) is 5.66. The molecule has 0 saturated heterocycles. The van der Waals surface area contributed by atoms with Crippen molar-refractivity contribution >= 4 is 23.2 Å². The monoisotopic (exact) mass is 294 g/mol. The van der Waals surface area contributed by atoms with E-state index in [9.17, 15) is 14.7 Å². The van der Waals surface area contributed by atoms with Crippen molar-refractivity contribution in [3.05, 3.63) is 51.4 Å². The zero-order valence-corrected chi connectivity index (χ0v) is 11.2. The van der Waals surface area contributed by atoms with Gasteiger partial charge in [0.05, 0.1) is 18.4 Å². The molecule has 0 saturated carbocycles. The number of methoxy groups -OCH3 is 1. The van der Waals surface area contributed by atoms with Gasteiger partial charge in [0, 0.05) is 17.3 Å². The van der Waals surface area contributed by atoms with Gasteiger partial charge in [-0.05, 0) is 18.2 Å². The molecule has 3 N–H and O–H groups in total. The summed E-state index contributed by atoms with van der Waals surface area (Å²) in [6.45, 7) is 0. The van der Waals surface area contributed by atoms with Crippen molar-refractivity contribution in [3.63, 3.8) is 0 Å². The summed E-state index contributed by atoms with van der Waals surface area (Å²) in [5.74, 6) is -0.585. The maximum atomic E-state index is 12.0. The molecule has 0 aliphatic rings. The molecule has 6 nitrogen and oxygen atoms in total. The predicted molar refractivity (Wildman–Crippen MR) is 74.7 cm³/mol. The molecular formula is C13H11ClN2O4. The van der Waals surface area contributed by atoms with Gasteiger partial charge in [-0.1, -0.05) is 11.6 Å². The molecule has 1 aromatic heterocycles. The highest BCUT2D eigenvalue weighted by Gasteiger charge is 2.14. The number of pyridine rings is 1. The number of hydrogen-bond donors (Lipinski definition) is 3. The number of aromatic nitrogens is 1. The molecule has 7 heteroatoms. The first kappa shape index (κ1) is 14.0. The number of nitrogens with one attached hydrogen (secondary N) is 2. The molecule has 104 valence electrons. The Morgan fingerprint density at radius 3 is 2.80 bits per heavy atom. The minimum Gasteiger partial charge on any atom is -0.507 e. The Morgan fingerprint density at radius 1 is 1.40 bits per heavy atom. The van der Waals surface area contributed by atoms with Crippen LogP contribution in [0.3, 0.4) is 0 Å². The number of rotatable bonds is 3. The first-order valence-corrected chi connectivity index (χ1v) is 5.95. The Bertz CT molecular complexity index is 712. The third kappa shape index (κ3) is 2.92. The highest BCUT2D eigenvalue weighted by Crippen LogP contribution is 2.28. The molecule has 1 aromatic carbocycles. The van der Waals surface area contributed by atoms with Gasteiger partial charge >= 0.3 is 0 Å². The molecule has 0 atom stereocenters. The summed E-state index contributed by atoms with van der Waals surface area (Å²) in [6, 6.07) is 5.66. The average molecular weight is 295 g/mol. The highest BCUT2D eigenvalue weighted by molar-refractivity contribution is 6.31. The van der Waals surface area contributed by atoms with E-state index in [4.69, 9.17) is 16.3 Å². The maximum absolute atomic E-state index is 12.0. The fourth-order valence-corrected chi connectivity index (χ4v) is 1.78. The van der Waals surface area contributed by atoms with Crippen LogP contribution in [0.4, 0.5) is 5.69 Å². The topological polar surface area (TPSA) is 91.4 Å². The van der Waals surface area contributed by atoms with Crippen molar-refractivity contribution in [3.8, 4) is 11.5 Å². The van der Waals surface area contributed by atoms with E-state index >= 15 is 0 Å². The minimum absolute atomic E-state index is 0.0633. The van der Waals surface area contributed by atoms with Crippen LogP contribution in [0.5, 0.6) is 11.5 Å². The maximum Gasteiger partial charge on any atom is 0.261 e. The normalized spacial score (nSPS) is 10.1. The molecule has 0 spiro atoms. The number of amides is 1. The zero-order valence-electron chi connectivity index (χ0n) is 10.4. The fraction of sp³-hybridized carbons (Fsp3) is 0.0769. The van der Waals surface area contributed by atoms with E-state index in [1.807, 2.05) is 0 Å². The Labute approximate surface area is 119 Å². The lowest BCUT2D eigenvalue weighted by Crippen LogP contribution is -2.15. The molecule has 0 aliphatic carbocycles. The van der Waals surface area contributed by atoms with Gasteiger partial charge in [0.1, 0.15) is 11.5 Å². The molecule has 20 heavy (non-hydrogen) atoms. The lowest BCUT2D eigenvalue weighted by Gasteiger charge is -2.11. The van der Waals surface area contributed by atoms with Crippen molar-refractivity contribution in [2.75, 3.05) is 12.4 Å². The molecule has 0 bridgehead atoms. The van der Waals surface area contributed by atoms with Crippen LogP contribution < -0.4 is 15.6 Å². The molecule has 2 rings (SSSR count). The quantitative estimate of drug-likeness (QED) is 0.807. The van der Waals surface area contributed by atoms with Crippen LogP contribution in [0.25, 0.3) is 0 Å². The predicted octanol–water partition coefficient (Wildman–Crippen LogP) is 1.99. The van der Waals surface area contributed by atoms with Crippen LogP contribution in [-0.4, -0.2) is 23.1 Å². The Morgan fingerprint density at radius 2 is 2.15 bits per heavy atom. The molecule has 2 aromatic rings. The molecule has 0 unspecified atom stereocenters. The first-order valence-electron chi connectivity index (χ1n) is 5.58. The van der Waals surface area contributed by atoms with Crippen LogP contribution in [0.2, 0.25) is 5.02 Å². The lowest BCUT2D eigenvalue weighted by molar-refractivity contribution is 0.102. The molecule has 0 radical (unpaired) electrons. The second-order valence-electron chi connectivity index (χ2n) is 3.89. The second-order valence-corrected chi connectivity index (χ2v) is 4.33. The fourth-order valence-electron chi connectivity index (χ4n) is 1.61. The Kier molecular flexibility index (Phi) is 3.95. The summed E-state index contributed by atoms with van der Waals surface area (Å²) in [7, 11) is 1.45. The van der Waals surface area contributed by atoms with E-state index in [2.05, 4.69) is 10.3 Å². The standard InChI is InChI=1S/C13H11ClN2O4/c1-20-11-3-2-7(14)4-9(11)16-13(19)8-6-15-12(18)5-10(8)17/h2-6H,1H3,(H,16,19)(H2,15,17,18). The van der Waals surface area contributed by atoms with Crippen molar-refractivity contribution in [2.24, 2.45) is 0 Å². The van der Waals surface area contributed by atoms with Gasteiger partial charge in [0.25, 0.3) is 11.5 Å². The van der Waals surface area contributed by atoms with Gasteiger partial charge in [-0.2, -0.15) is 0 Å². The van der Waals surface area contributed by atoms with Crippen LogP contribution in [0.1, 0.15) is 10.4 Å². The number of ether oxygens (including phenoxy) is 1. The molecule has 0 fully saturated rings. The molecule has 1 amide bonds. The molecular weight excluding hydrogens is 284 g/mol. The number of benzene rings is 1. The molecule has 1 heterocycles. The number of carbonyl (C=O) groups is 1. The number of carbonyl (C=O) groups excluding carboxylic acids is 1. The SMILES string of the molecule is COc1ccc(Cl)cc1NC(=O)c1c[nH]c(=O)cc1O. The summed E-state index contributed by atoms with van der Waals surface area (Å²) < 4.78 is 5.09. The van der Waals surface area contributed by atoms with Gasteiger partial charge in [-0.3, -0.25) is 9.59 Å². The van der Waals surface area contributed by atoms with E-state index in [-0.39, 0.29) is 5.56 Å². The lowest BCUT2D eigenvalue weighted by atomic mass is 10.2. The smallest absolute Gasteiger partial charge is 0.261 e.